The number of ether oxygens (including phenoxy) is 1. The van der Waals surface area contributed by atoms with Crippen LogP contribution in [0.2, 0.25) is 0 Å². The van der Waals surface area contributed by atoms with Gasteiger partial charge < -0.3 is 10.1 Å². The Labute approximate surface area is 148 Å². The number of rotatable bonds is 8. The molecular weight excluding hydrogens is 338 g/mol. The Balaban J connectivity index is 1.99. The van der Waals surface area contributed by atoms with Crippen LogP contribution in [0.4, 0.5) is 0 Å². The third kappa shape index (κ3) is 6.32. The second-order valence-corrected chi connectivity index (χ2v) is 8.00. The van der Waals surface area contributed by atoms with Crippen molar-refractivity contribution in [2.45, 2.75) is 25.8 Å². The first-order valence-electron chi connectivity index (χ1n) is 8.08. The molecule has 0 heterocycles. The fourth-order valence-corrected chi connectivity index (χ4v) is 3.21. The summed E-state index contributed by atoms with van der Waals surface area (Å²) in [6.45, 7) is 3.51. The Kier molecular flexibility index (Phi) is 6.73. The highest BCUT2D eigenvalue weighted by Gasteiger charge is 2.09. The van der Waals surface area contributed by atoms with E-state index >= 15 is 0 Å². The molecule has 0 saturated heterocycles. The average Bonchev–Trinajstić information content (AvgIpc) is 2.57. The lowest BCUT2D eigenvalue weighted by molar-refractivity contribution is 0.0949. The predicted octanol–water partition coefficient (Wildman–Crippen LogP) is 2.70. The molecular formula is C19H23NO4S. The standard InChI is InChI=1S/C19H23NO4S/c1-3-24-13-18-7-5-4-6-17(18)12-20-19(21)16-10-8-15(9-11-16)14-25(2,22)23/h4-11H,3,12-14H2,1-2H3,(H,20,21). The average molecular weight is 361 g/mol. The third-order valence-corrected chi connectivity index (χ3v) is 4.52. The van der Waals surface area contributed by atoms with Crippen molar-refractivity contribution in [3.8, 4) is 0 Å². The summed E-state index contributed by atoms with van der Waals surface area (Å²) in [5.74, 6) is -0.225. The molecule has 0 aliphatic carbocycles. The van der Waals surface area contributed by atoms with Crippen LogP contribution in [0.15, 0.2) is 48.5 Å². The van der Waals surface area contributed by atoms with E-state index in [2.05, 4.69) is 5.32 Å². The first-order chi connectivity index (χ1) is 11.9. The number of nitrogens with one attached hydrogen (secondary N) is 1. The minimum Gasteiger partial charge on any atom is -0.377 e. The zero-order valence-corrected chi connectivity index (χ0v) is 15.3. The number of carbonyl (C=O) groups is 1. The monoisotopic (exact) mass is 361 g/mol. The van der Waals surface area contributed by atoms with Crippen LogP contribution in [0.25, 0.3) is 0 Å². The molecule has 6 heteroatoms. The molecule has 0 saturated carbocycles. The van der Waals surface area contributed by atoms with E-state index in [1.165, 1.54) is 6.26 Å². The first kappa shape index (κ1) is 19.1. The van der Waals surface area contributed by atoms with Crippen molar-refractivity contribution in [3.63, 3.8) is 0 Å². The Hall–Kier alpha value is -2.18. The van der Waals surface area contributed by atoms with Crippen LogP contribution in [-0.2, 0) is 33.5 Å². The molecule has 2 aromatic rings. The van der Waals surface area contributed by atoms with Gasteiger partial charge in [0, 0.05) is 25.0 Å². The number of sulfone groups is 1. The smallest absolute Gasteiger partial charge is 0.251 e. The van der Waals surface area contributed by atoms with Crippen molar-refractivity contribution in [2.24, 2.45) is 0 Å². The predicted molar refractivity (Wildman–Crippen MR) is 97.9 cm³/mol. The van der Waals surface area contributed by atoms with Crippen molar-refractivity contribution >= 4 is 15.7 Å². The minimum atomic E-state index is -3.08. The maximum Gasteiger partial charge on any atom is 0.251 e. The van der Waals surface area contributed by atoms with E-state index < -0.39 is 9.84 Å². The lowest BCUT2D eigenvalue weighted by Gasteiger charge is -2.11. The molecule has 1 amide bonds. The van der Waals surface area contributed by atoms with Gasteiger partial charge in [0.25, 0.3) is 5.91 Å². The van der Waals surface area contributed by atoms with Gasteiger partial charge in [-0.05, 0) is 35.7 Å². The van der Waals surface area contributed by atoms with Gasteiger partial charge in [0.05, 0.1) is 12.4 Å². The summed E-state index contributed by atoms with van der Waals surface area (Å²) >= 11 is 0. The van der Waals surface area contributed by atoms with Crippen molar-refractivity contribution in [1.82, 2.24) is 5.32 Å². The SMILES string of the molecule is CCOCc1ccccc1CNC(=O)c1ccc(CS(C)(=O)=O)cc1. The highest BCUT2D eigenvalue weighted by atomic mass is 32.2. The lowest BCUT2D eigenvalue weighted by atomic mass is 10.1. The highest BCUT2D eigenvalue weighted by Crippen LogP contribution is 2.11. The number of benzene rings is 2. The van der Waals surface area contributed by atoms with Gasteiger partial charge in [-0.1, -0.05) is 36.4 Å². The molecule has 5 nitrogen and oxygen atoms in total. The molecule has 0 aromatic heterocycles. The molecule has 0 bridgehead atoms. The van der Waals surface area contributed by atoms with Crippen LogP contribution in [0, 0.1) is 0 Å². The summed E-state index contributed by atoms with van der Waals surface area (Å²) in [6, 6.07) is 14.4. The van der Waals surface area contributed by atoms with Crippen molar-refractivity contribution < 1.29 is 17.9 Å². The van der Waals surface area contributed by atoms with E-state index in [9.17, 15) is 13.2 Å². The Morgan fingerprint density at radius 1 is 1.04 bits per heavy atom. The van der Waals surface area contributed by atoms with Gasteiger partial charge in [-0.2, -0.15) is 0 Å². The van der Waals surface area contributed by atoms with Crippen molar-refractivity contribution in [3.05, 3.63) is 70.8 Å². The normalized spacial score (nSPS) is 11.3. The van der Waals surface area contributed by atoms with E-state index in [0.717, 1.165) is 11.1 Å². The molecule has 25 heavy (non-hydrogen) atoms. The fraction of sp³-hybridized carbons (Fsp3) is 0.316. The molecule has 0 aliphatic heterocycles. The van der Waals surface area contributed by atoms with E-state index in [4.69, 9.17) is 4.74 Å². The zero-order chi connectivity index (χ0) is 18.3. The second-order valence-electron chi connectivity index (χ2n) is 5.86. The quantitative estimate of drug-likeness (QED) is 0.785. The van der Waals surface area contributed by atoms with Gasteiger partial charge in [-0.3, -0.25) is 4.79 Å². The maximum atomic E-state index is 12.3. The summed E-state index contributed by atoms with van der Waals surface area (Å²) in [6.07, 6.45) is 1.19. The summed E-state index contributed by atoms with van der Waals surface area (Å²) in [4.78, 5) is 12.3. The second kappa shape index (κ2) is 8.78. The van der Waals surface area contributed by atoms with Crippen LogP contribution in [-0.4, -0.2) is 27.2 Å². The lowest BCUT2D eigenvalue weighted by Crippen LogP contribution is -2.23. The van der Waals surface area contributed by atoms with E-state index in [-0.39, 0.29) is 11.7 Å². The summed E-state index contributed by atoms with van der Waals surface area (Å²) in [7, 11) is -3.08. The highest BCUT2D eigenvalue weighted by molar-refractivity contribution is 7.89. The van der Waals surface area contributed by atoms with Gasteiger partial charge in [-0.15, -0.1) is 0 Å². The minimum absolute atomic E-state index is 0.0281. The molecule has 1 N–H and O–H groups in total. The number of hydrogen-bond donors (Lipinski definition) is 1. The molecule has 134 valence electrons. The number of carbonyl (C=O) groups excluding carboxylic acids is 1. The Morgan fingerprint density at radius 2 is 1.68 bits per heavy atom. The van der Waals surface area contributed by atoms with Crippen LogP contribution in [0.1, 0.15) is 34.0 Å². The maximum absolute atomic E-state index is 12.3. The van der Waals surface area contributed by atoms with Gasteiger partial charge in [0.15, 0.2) is 9.84 Å². The number of hydrogen-bond acceptors (Lipinski definition) is 4. The van der Waals surface area contributed by atoms with Crippen molar-refractivity contribution in [2.75, 3.05) is 12.9 Å². The third-order valence-electron chi connectivity index (χ3n) is 3.66. The largest absolute Gasteiger partial charge is 0.377 e. The first-order valence-corrected chi connectivity index (χ1v) is 10.1. The molecule has 0 radical (unpaired) electrons. The topological polar surface area (TPSA) is 72.5 Å². The molecule has 0 fully saturated rings. The molecule has 2 aromatic carbocycles. The van der Waals surface area contributed by atoms with Crippen LogP contribution in [0.3, 0.4) is 0 Å². The van der Waals surface area contributed by atoms with E-state index in [1.807, 2.05) is 31.2 Å². The summed E-state index contributed by atoms with van der Waals surface area (Å²) < 4.78 is 28.0. The molecule has 2 rings (SSSR count). The molecule has 0 aliphatic rings. The van der Waals surface area contributed by atoms with Crippen molar-refractivity contribution in [1.29, 1.82) is 0 Å². The fourth-order valence-electron chi connectivity index (χ4n) is 2.42. The van der Waals surface area contributed by atoms with Gasteiger partial charge in [0.2, 0.25) is 0 Å². The van der Waals surface area contributed by atoms with Crippen LogP contribution < -0.4 is 5.32 Å². The Morgan fingerprint density at radius 3 is 2.28 bits per heavy atom. The molecule has 0 atom stereocenters. The van der Waals surface area contributed by atoms with E-state index in [1.54, 1.807) is 24.3 Å². The van der Waals surface area contributed by atoms with E-state index in [0.29, 0.717) is 30.9 Å². The zero-order valence-electron chi connectivity index (χ0n) is 14.5. The Bertz CT molecular complexity index is 814. The van der Waals surface area contributed by atoms with Gasteiger partial charge >= 0.3 is 0 Å². The summed E-state index contributed by atoms with van der Waals surface area (Å²) in [5, 5.41) is 2.89. The van der Waals surface area contributed by atoms with Crippen LogP contribution in [0.5, 0.6) is 0 Å². The number of amides is 1. The molecule has 0 spiro atoms. The van der Waals surface area contributed by atoms with Gasteiger partial charge in [0.1, 0.15) is 0 Å². The summed E-state index contributed by atoms with van der Waals surface area (Å²) in [5.41, 5.74) is 3.23. The van der Waals surface area contributed by atoms with Crippen LogP contribution >= 0.6 is 0 Å². The van der Waals surface area contributed by atoms with Gasteiger partial charge in [-0.25, -0.2) is 8.42 Å². The molecule has 0 unspecified atom stereocenters.